The van der Waals surface area contributed by atoms with Crippen molar-refractivity contribution in [1.29, 1.82) is 0 Å². The minimum absolute atomic E-state index is 0.162. The zero-order valence-electron chi connectivity index (χ0n) is 17.4. The Bertz CT molecular complexity index is 1060. The molecule has 0 radical (unpaired) electrons. The molecule has 2 aromatic carbocycles. The van der Waals surface area contributed by atoms with Gasteiger partial charge in [-0.1, -0.05) is 0 Å². The van der Waals surface area contributed by atoms with Crippen molar-refractivity contribution in [3.05, 3.63) is 58.2 Å². The molecule has 208 valence electrons. The van der Waals surface area contributed by atoms with Gasteiger partial charge in [-0.15, -0.1) is 0 Å². The molecular formula is C19H12F14N2O2. The van der Waals surface area contributed by atoms with Gasteiger partial charge in [0.05, 0.1) is 0 Å². The Morgan fingerprint density at radius 3 is 0.973 bits per heavy atom. The molecule has 2 aromatic rings. The first-order valence-electron chi connectivity index (χ1n) is 9.19. The number of rotatable bonds is 4. The summed E-state index contributed by atoms with van der Waals surface area (Å²) < 4.78 is 187. The molecule has 18 heteroatoms. The quantitative estimate of drug-likeness (QED) is 0.297. The topological polar surface area (TPSA) is 92.5 Å². The average molecular weight is 566 g/mol. The minimum atomic E-state index is -6.51. The van der Waals surface area contributed by atoms with Crippen molar-refractivity contribution in [1.82, 2.24) is 0 Å². The van der Waals surface area contributed by atoms with Gasteiger partial charge in [-0.25, -0.2) is 8.78 Å². The number of aliphatic hydroxyl groups is 2. The molecule has 0 spiro atoms. The lowest BCUT2D eigenvalue weighted by atomic mass is 9.86. The molecule has 0 aliphatic rings. The Balaban J connectivity index is 2.81. The fourth-order valence-electron chi connectivity index (χ4n) is 3.30. The molecule has 0 bridgehead atoms. The molecule has 4 nitrogen and oxygen atoms in total. The number of hydrogen-bond acceptors (Lipinski definition) is 4. The van der Waals surface area contributed by atoms with Crippen LogP contribution in [-0.2, 0) is 17.6 Å². The van der Waals surface area contributed by atoms with Crippen LogP contribution in [0.25, 0.3) is 0 Å². The highest BCUT2D eigenvalue weighted by Gasteiger charge is 2.73. The Kier molecular flexibility index (Phi) is 7.17. The van der Waals surface area contributed by atoms with Gasteiger partial charge >= 0.3 is 24.7 Å². The van der Waals surface area contributed by atoms with Gasteiger partial charge in [0.15, 0.2) is 0 Å². The largest absolute Gasteiger partial charge is 0.430 e. The van der Waals surface area contributed by atoms with Crippen LogP contribution in [0.1, 0.15) is 22.3 Å². The lowest BCUT2D eigenvalue weighted by Crippen LogP contribution is -2.54. The van der Waals surface area contributed by atoms with Crippen LogP contribution in [0.15, 0.2) is 24.3 Å². The van der Waals surface area contributed by atoms with Gasteiger partial charge < -0.3 is 21.7 Å². The molecule has 0 heterocycles. The number of nitrogen functional groups attached to an aromatic ring is 2. The average Bonchev–Trinajstić information content (AvgIpc) is 2.67. The fourth-order valence-corrected chi connectivity index (χ4v) is 3.30. The Morgan fingerprint density at radius 2 is 0.757 bits per heavy atom. The van der Waals surface area contributed by atoms with Gasteiger partial charge in [0.1, 0.15) is 11.6 Å². The summed E-state index contributed by atoms with van der Waals surface area (Å²) in [7, 11) is 0. The van der Waals surface area contributed by atoms with Crippen molar-refractivity contribution in [2.24, 2.45) is 0 Å². The van der Waals surface area contributed by atoms with Gasteiger partial charge in [0.2, 0.25) is 0 Å². The Morgan fingerprint density at radius 1 is 0.514 bits per heavy atom. The summed E-state index contributed by atoms with van der Waals surface area (Å²) in [5, 5.41) is 19.0. The van der Waals surface area contributed by atoms with E-state index in [9.17, 15) is 71.7 Å². The number of nitrogens with two attached hydrogens (primary N) is 2. The molecular weight excluding hydrogens is 554 g/mol. The van der Waals surface area contributed by atoms with Crippen LogP contribution in [0, 0.1) is 11.6 Å². The van der Waals surface area contributed by atoms with Gasteiger partial charge in [-0.2, -0.15) is 52.7 Å². The normalized spacial score (nSPS) is 14.3. The highest BCUT2D eigenvalue weighted by atomic mass is 19.4. The maximum Gasteiger partial charge on any atom is 0.430 e. The molecule has 0 saturated carbocycles. The predicted octanol–water partition coefficient (Wildman–Crippen LogP) is 5.34. The van der Waals surface area contributed by atoms with Crippen LogP contribution in [0.5, 0.6) is 0 Å². The van der Waals surface area contributed by atoms with Crippen molar-refractivity contribution in [2.45, 2.75) is 42.3 Å². The Hall–Kier alpha value is -3.02. The van der Waals surface area contributed by atoms with E-state index >= 15 is 0 Å². The third-order valence-electron chi connectivity index (χ3n) is 5.24. The second kappa shape index (κ2) is 8.78. The van der Waals surface area contributed by atoms with Crippen LogP contribution in [0.4, 0.5) is 72.8 Å². The van der Waals surface area contributed by atoms with E-state index in [1.54, 1.807) is 0 Å². The molecule has 37 heavy (non-hydrogen) atoms. The fraction of sp³-hybridized carbons (Fsp3) is 0.368. The molecule has 0 atom stereocenters. The first-order chi connectivity index (χ1) is 16.3. The van der Waals surface area contributed by atoms with Crippen molar-refractivity contribution < 1.29 is 71.7 Å². The van der Waals surface area contributed by atoms with Gasteiger partial charge in [0, 0.05) is 28.9 Å². The zero-order chi connectivity index (χ0) is 29.2. The Labute approximate surface area is 196 Å². The summed E-state index contributed by atoms with van der Waals surface area (Å²) in [5.41, 5.74) is -11.7. The summed E-state index contributed by atoms with van der Waals surface area (Å²) in [6.45, 7) is 0. The minimum Gasteiger partial charge on any atom is -0.398 e. The van der Waals surface area contributed by atoms with Crippen LogP contribution >= 0.6 is 0 Å². The van der Waals surface area contributed by atoms with E-state index in [1.807, 2.05) is 0 Å². The molecule has 0 unspecified atom stereocenters. The van der Waals surface area contributed by atoms with Gasteiger partial charge in [-0.3, -0.25) is 0 Å². The van der Waals surface area contributed by atoms with Crippen molar-refractivity contribution in [3.63, 3.8) is 0 Å². The SMILES string of the molecule is Nc1cc(F)c(Cc2cc(C(O)(C(F)(F)F)C(F)(F)F)c(N)cc2F)cc1C(O)(C(F)(F)F)C(F)(F)F. The highest BCUT2D eigenvalue weighted by Crippen LogP contribution is 2.53. The van der Waals surface area contributed by atoms with E-state index < -0.39 is 87.6 Å². The standard InChI is InChI=1S/C19H12F14N2O2/c20-10-4-12(34)8(14(36,16(22,23)24)17(25,26)27)2-6(10)1-7-3-9(13(35)5-11(7)21)15(37,18(28,29)30)19(31,32)33/h2-5,36-37H,1,34-35H2. The summed E-state index contributed by atoms with van der Waals surface area (Å²) in [4.78, 5) is 0. The maximum atomic E-state index is 14.3. The first kappa shape index (κ1) is 30.2. The number of benzene rings is 2. The zero-order valence-corrected chi connectivity index (χ0v) is 17.4. The van der Waals surface area contributed by atoms with Crippen LogP contribution < -0.4 is 11.5 Å². The van der Waals surface area contributed by atoms with E-state index in [0.29, 0.717) is 0 Å². The smallest absolute Gasteiger partial charge is 0.398 e. The molecule has 0 aliphatic heterocycles. The lowest BCUT2D eigenvalue weighted by Gasteiger charge is -2.34. The van der Waals surface area contributed by atoms with Crippen LogP contribution in [0.2, 0.25) is 0 Å². The van der Waals surface area contributed by atoms with Gasteiger partial charge in [-0.05, 0) is 35.4 Å². The van der Waals surface area contributed by atoms with Crippen LogP contribution in [0.3, 0.4) is 0 Å². The van der Waals surface area contributed by atoms with E-state index in [1.165, 1.54) is 0 Å². The molecule has 0 fully saturated rings. The molecule has 2 rings (SSSR count). The van der Waals surface area contributed by atoms with Gasteiger partial charge in [0.25, 0.3) is 11.2 Å². The molecule has 6 N–H and O–H groups in total. The second-order valence-corrected chi connectivity index (χ2v) is 7.65. The summed E-state index contributed by atoms with van der Waals surface area (Å²) >= 11 is 0. The maximum absolute atomic E-state index is 14.3. The van der Waals surface area contributed by atoms with Crippen LogP contribution in [-0.4, -0.2) is 34.9 Å². The van der Waals surface area contributed by atoms with E-state index in [-0.39, 0.29) is 24.3 Å². The van der Waals surface area contributed by atoms with Crippen molar-refractivity contribution in [2.75, 3.05) is 11.5 Å². The predicted molar refractivity (Wildman–Crippen MR) is 96.4 cm³/mol. The third-order valence-corrected chi connectivity index (χ3v) is 5.24. The number of alkyl halides is 12. The molecule has 0 aromatic heterocycles. The summed E-state index contributed by atoms with van der Waals surface area (Å²) in [6, 6.07) is -0.988. The number of anilines is 2. The molecule has 0 amide bonds. The summed E-state index contributed by atoms with van der Waals surface area (Å²) in [5.74, 6) is -3.54. The summed E-state index contributed by atoms with van der Waals surface area (Å²) in [6.07, 6.45) is -27.6. The highest BCUT2D eigenvalue weighted by molar-refractivity contribution is 5.56. The molecule has 0 saturated heterocycles. The van der Waals surface area contributed by atoms with Crippen molar-refractivity contribution >= 4 is 11.4 Å². The number of hydrogen-bond donors (Lipinski definition) is 4. The third kappa shape index (κ3) is 4.83. The first-order valence-corrected chi connectivity index (χ1v) is 9.19. The van der Waals surface area contributed by atoms with E-state index in [4.69, 9.17) is 11.5 Å². The lowest BCUT2D eigenvalue weighted by molar-refractivity contribution is -0.376. The van der Waals surface area contributed by atoms with E-state index in [2.05, 4.69) is 0 Å². The van der Waals surface area contributed by atoms with Crippen molar-refractivity contribution in [3.8, 4) is 0 Å². The molecule has 0 aliphatic carbocycles. The second-order valence-electron chi connectivity index (χ2n) is 7.65. The van der Waals surface area contributed by atoms with E-state index in [0.717, 1.165) is 0 Å². The number of halogens is 14. The monoisotopic (exact) mass is 566 g/mol.